The molecule has 122 valence electrons. The molecule has 0 fully saturated rings. The first-order chi connectivity index (χ1) is 11.2. The molecule has 3 aromatic rings. The fraction of sp³-hybridized carbons (Fsp3) is 0.389. The van der Waals surface area contributed by atoms with Crippen LogP contribution in [-0.4, -0.2) is 34.1 Å². The summed E-state index contributed by atoms with van der Waals surface area (Å²) >= 11 is 6.11. The predicted octanol–water partition coefficient (Wildman–Crippen LogP) is 4.68. The Hall–Kier alpha value is -1.78. The number of benzene rings is 1. The van der Waals surface area contributed by atoms with Crippen molar-refractivity contribution in [2.45, 2.75) is 26.8 Å². The molecule has 0 amide bonds. The number of aromatic nitrogens is 2. The van der Waals surface area contributed by atoms with Crippen molar-refractivity contribution < 1.29 is 4.42 Å². The number of halogens is 1. The zero-order valence-corrected chi connectivity index (χ0v) is 14.4. The summed E-state index contributed by atoms with van der Waals surface area (Å²) in [5.74, 6) is 1.66. The summed E-state index contributed by atoms with van der Waals surface area (Å²) in [5, 5.41) is 0.705. The second-order valence-corrected chi connectivity index (χ2v) is 6.01. The number of hydrogen-bond acceptors (Lipinski definition) is 3. The van der Waals surface area contributed by atoms with E-state index < -0.39 is 0 Å². The van der Waals surface area contributed by atoms with Gasteiger partial charge in [-0.15, -0.1) is 0 Å². The van der Waals surface area contributed by atoms with E-state index in [9.17, 15) is 0 Å². The molecule has 0 spiro atoms. The van der Waals surface area contributed by atoms with Crippen LogP contribution in [0.5, 0.6) is 0 Å². The zero-order chi connectivity index (χ0) is 16.2. The number of nitrogens with zero attached hydrogens (tertiary/aromatic N) is 3. The van der Waals surface area contributed by atoms with Gasteiger partial charge in [0.1, 0.15) is 0 Å². The Labute approximate surface area is 141 Å². The third kappa shape index (κ3) is 3.43. The minimum absolute atomic E-state index is 0.705. The van der Waals surface area contributed by atoms with Crippen LogP contribution < -0.4 is 0 Å². The Morgan fingerprint density at radius 1 is 1.22 bits per heavy atom. The normalized spacial score (nSPS) is 11.7. The molecule has 0 aliphatic carbocycles. The Kier molecular flexibility index (Phi) is 5.03. The molecular formula is C18H22ClN3O. The summed E-state index contributed by atoms with van der Waals surface area (Å²) < 4.78 is 7.79. The van der Waals surface area contributed by atoms with Gasteiger partial charge in [0, 0.05) is 11.6 Å². The molecule has 0 radical (unpaired) electrons. The SMILES string of the molecule is CCN(CC)CCCn1c(-c2ccco2)nc2cc(Cl)ccc21. The van der Waals surface area contributed by atoms with Gasteiger partial charge in [-0.3, -0.25) is 0 Å². The molecule has 1 aromatic carbocycles. The third-order valence-corrected chi connectivity index (χ3v) is 4.44. The van der Waals surface area contributed by atoms with Crippen LogP contribution in [0.15, 0.2) is 41.0 Å². The minimum atomic E-state index is 0.705. The molecule has 0 N–H and O–H groups in total. The van der Waals surface area contributed by atoms with Crippen molar-refractivity contribution in [1.29, 1.82) is 0 Å². The summed E-state index contributed by atoms with van der Waals surface area (Å²) in [6, 6.07) is 9.70. The number of furan rings is 1. The Morgan fingerprint density at radius 3 is 2.74 bits per heavy atom. The standard InChI is InChI=1S/C18H22ClN3O/c1-3-21(4-2)10-6-11-22-16-9-8-14(19)13-15(16)20-18(22)17-7-5-12-23-17/h5,7-9,12-13H,3-4,6,10-11H2,1-2H3. The lowest BCUT2D eigenvalue weighted by Crippen LogP contribution is -2.24. The highest BCUT2D eigenvalue weighted by molar-refractivity contribution is 6.31. The molecule has 0 saturated heterocycles. The first kappa shape index (κ1) is 16.1. The summed E-state index contributed by atoms with van der Waals surface area (Å²) in [5.41, 5.74) is 2.01. The second kappa shape index (κ2) is 7.20. The van der Waals surface area contributed by atoms with Gasteiger partial charge in [-0.25, -0.2) is 4.98 Å². The molecule has 3 rings (SSSR count). The number of fused-ring (bicyclic) bond motifs is 1. The maximum absolute atomic E-state index is 6.11. The van der Waals surface area contributed by atoms with Crippen LogP contribution in [-0.2, 0) is 6.54 Å². The van der Waals surface area contributed by atoms with Crippen LogP contribution >= 0.6 is 11.6 Å². The predicted molar refractivity (Wildman–Crippen MR) is 94.9 cm³/mol. The maximum atomic E-state index is 6.11. The summed E-state index contributed by atoms with van der Waals surface area (Å²) in [7, 11) is 0. The van der Waals surface area contributed by atoms with E-state index in [-0.39, 0.29) is 0 Å². The van der Waals surface area contributed by atoms with E-state index in [0.29, 0.717) is 5.02 Å². The van der Waals surface area contributed by atoms with Crippen LogP contribution in [0, 0.1) is 0 Å². The van der Waals surface area contributed by atoms with Crippen LogP contribution in [0.4, 0.5) is 0 Å². The van der Waals surface area contributed by atoms with E-state index in [1.54, 1.807) is 6.26 Å². The molecule has 5 heteroatoms. The van der Waals surface area contributed by atoms with E-state index >= 15 is 0 Å². The lowest BCUT2D eigenvalue weighted by atomic mass is 10.3. The highest BCUT2D eigenvalue weighted by Crippen LogP contribution is 2.27. The van der Waals surface area contributed by atoms with Gasteiger partial charge in [-0.2, -0.15) is 0 Å². The first-order valence-electron chi connectivity index (χ1n) is 8.15. The van der Waals surface area contributed by atoms with E-state index in [1.165, 1.54) is 0 Å². The van der Waals surface area contributed by atoms with Crippen molar-refractivity contribution in [3.63, 3.8) is 0 Å². The van der Waals surface area contributed by atoms with Crippen LogP contribution in [0.3, 0.4) is 0 Å². The smallest absolute Gasteiger partial charge is 0.177 e. The summed E-state index contributed by atoms with van der Waals surface area (Å²) in [6.07, 6.45) is 2.76. The highest BCUT2D eigenvalue weighted by Gasteiger charge is 2.15. The first-order valence-corrected chi connectivity index (χ1v) is 8.52. The van der Waals surface area contributed by atoms with E-state index in [4.69, 9.17) is 21.0 Å². The van der Waals surface area contributed by atoms with Gasteiger partial charge in [-0.05, 0) is 56.4 Å². The Morgan fingerprint density at radius 2 is 2.04 bits per heavy atom. The maximum Gasteiger partial charge on any atom is 0.177 e. The van der Waals surface area contributed by atoms with Crippen molar-refractivity contribution in [2.75, 3.05) is 19.6 Å². The lowest BCUT2D eigenvalue weighted by Gasteiger charge is -2.18. The van der Waals surface area contributed by atoms with Crippen molar-refractivity contribution in [2.24, 2.45) is 0 Å². The molecule has 4 nitrogen and oxygen atoms in total. The van der Waals surface area contributed by atoms with Gasteiger partial charge in [-0.1, -0.05) is 25.4 Å². The number of imidazole rings is 1. The molecule has 0 bridgehead atoms. The second-order valence-electron chi connectivity index (χ2n) is 5.58. The Balaban J connectivity index is 1.91. The van der Waals surface area contributed by atoms with Gasteiger partial charge in [0.25, 0.3) is 0 Å². The quantitative estimate of drug-likeness (QED) is 0.630. The van der Waals surface area contributed by atoms with Gasteiger partial charge in [0.05, 0.1) is 17.3 Å². The van der Waals surface area contributed by atoms with E-state index in [2.05, 4.69) is 23.3 Å². The number of hydrogen-bond donors (Lipinski definition) is 0. The van der Waals surface area contributed by atoms with Crippen molar-refractivity contribution in [1.82, 2.24) is 14.5 Å². The Bertz CT molecular complexity index is 760. The average molecular weight is 332 g/mol. The topological polar surface area (TPSA) is 34.2 Å². The summed E-state index contributed by atoms with van der Waals surface area (Å²) in [4.78, 5) is 7.16. The molecule has 0 aliphatic heterocycles. The molecule has 0 saturated carbocycles. The number of rotatable bonds is 7. The molecular weight excluding hydrogens is 310 g/mol. The fourth-order valence-electron chi connectivity index (χ4n) is 2.92. The number of aryl methyl sites for hydroxylation is 1. The van der Waals surface area contributed by atoms with Crippen molar-refractivity contribution in [3.05, 3.63) is 41.6 Å². The minimum Gasteiger partial charge on any atom is -0.461 e. The summed E-state index contributed by atoms with van der Waals surface area (Å²) in [6.45, 7) is 8.56. The van der Waals surface area contributed by atoms with Crippen LogP contribution in [0.25, 0.3) is 22.6 Å². The van der Waals surface area contributed by atoms with Gasteiger partial charge < -0.3 is 13.9 Å². The van der Waals surface area contributed by atoms with Crippen LogP contribution in [0.2, 0.25) is 5.02 Å². The largest absolute Gasteiger partial charge is 0.461 e. The zero-order valence-electron chi connectivity index (χ0n) is 13.6. The van der Waals surface area contributed by atoms with Crippen molar-refractivity contribution in [3.8, 4) is 11.6 Å². The van der Waals surface area contributed by atoms with Gasteiger partial charge >= 0.3 is 0 Å². The molecule has 0 aliphatic rings. The molecule has 23 heavy (non-hydrogen) atoms. The molecule has 0 unspecified atom stereocenters. The van der Waals surface area contributed by atoms with E-state index in [0.717, 1.165) is 55.2 Å². The average Bonchev–Trinajstić information content (AvgIpc) is 3.19. The highest BCUT2D eigenvalue weighted by atomic mass is 35.5. The van der Waals surface area contributed by atoms with Crippen molar-refractivity contribution >= 4 is 22.6 Å². The third-order valence-electron chi connectivity index (χ3n) is 4.20. The fourth-order valence-corrected chi connectivity index (χ4v) is 3.08. The lowest BCUT2D eigenvalue weighted by molar-refractivity contribution is 0.294. The molecule has 0 atom stereocenters. The molecule has 2 heterocycles. The molecule has 2 aromatic heterocycles. The van der Waals surface area contributed by atoms with Crippen LogP contribution in [0.1, 0.15) is 20.3 Å². The van der Waals surface area contributed by atoms with Gasteiger partial charge in [0.2, 0.25) is 0 Å². The van der Waals surface area contributed by atoms with Gasteiger partial charge in [0.15, 0.2) is 11.6 Å². The van der Waals surface area contributed by atoms with E-state index in [1.807, 2.05) is 30.3 Å². The monoisotopic (exact) mass is 331 g/mol.